The van der Waals surface area contributed by atoms with Gasteiger partial charge in [-0.25, -0.2) is 0 Å². The molecule has 3 heteroatoms. The first-order valence-electron chi connectivity index (χ1n) is 5.26. The van der Waals surface area contributed by atoms with E-state index >= 15 is 0 Å². The molecule has 1 unspecified atom stereocenters. The first-order valence-corrected chi connectivity index (χ1v) is 5.26. The molecule has 2 N–H and O–H groups in total. The molecule has 1 aromatic carbocycles. The minimum absolute atomic E-state index is 0.193. The topological polar surface area (TPSA) is 53.0 Å². The summed E-state index contributed by atoms with van der Waals surface area (Å²) in [4.78, 5) is 2.22. The fourth-order valence-electron chi connectivity index (χ4n) is 2.12. The number of benzene rings is 1. The molecule has 0 saturated heterocycles. The predicted molar refractivity (Wildman–Crippen MR) is 60.6 cm³/mol. The van der Waals surface area contributed by atoms with Gasteiger partial charge in [0.15, 0.2) is 0 Å². The van der Waals surface area contributed by atoms with Crippen molar-refractivity contribution in [2.45, 2.75) is 18.9 Å². The molecule has 0 aromatic heterocycles. The Morgan fingerprint density at radius 1 is 1.47 bits per heavy atom. The highest BCUT2D eigenvalue weighted by molar-refractivity contribution is 5.56. The molecular formula is C12H15N3. The van der Waals surface area contributed by atoms with Gasteiger partial charge < -0.3 is 10.6 Å². The summed E-state index contributed by atoms with van der Waals surface area (Å²) < 4.78 is 0. The summed E-state index contributed by atoms with van der Waals surface area (Å²) >= 11 is 0. The lowest BCUT2D eigenvalue weighted by molar-refractivity contribution is 0.602. The number of nitrogens with zero attached hydrogens (tertiary/aromatic N) is 2. The monoisotopic (exact) mass is 201 g/mol. The minimum atomic E-state index is 0.193. The van der Waals surface area contributed by atoms with E-state index < -0.39 is 0 Å². The highest BCUT2D eigenvalue weighted by Crippen LogP contribution is 2.26. The number of rotatable bonds is 2. The zero-order chi connectivity index (χ0) is 10.7. The molecule has 78 valence electrons. The van der Waals surface area contributed by atoms with E-state index in [4.69, 9.17) is 11.0 Å². The van der Waals surface area contributed by atoms with Crippen LogP contribution >= 0.6 is 0 Å². The Kier molecular flexibility index (Phi) is 2.89. The van der Waals surface area contributed by atoms with Crippen LogP contribution in [0.1, 0.15) is 12.0 Å². The Bertz CT molecular complexity index is 381. The van der Waals surface area contributed by atoms with Crippen molar-refractivity contribution >= 4 is 5.69 Å². The third-order valence-electron chi connectivity index (χ3n) is 2.76. The van der Waals surface area contributed by atoms with Crippen molar-refractivity contribution < 1.29 is 0 Å². The van der Waals surface area contributed by atoms with Crippen molar-refractivity contribution in [1.29, 1.82) is 5.26 Å². The number of fused-ring (bicyclic) bond motifs is 1. The highest BCUT2D eigenvalue weighted by atomic mass is 15.1. The Balaban J connectivity index is 2.23. The quantitative estimate of drug-likeness (QED) is 0.784. The standard InChI is InChI=1S/C12H15N3/c13-6-3-7-15-9-11(14)8-10-4-1-2-5-12(10)15/h1-2,4-5,11H,3,7-9,14H2. The van der Waals surface area contributed by atoms with E-state index in [9.17, 15) is 0 Å². The van der Waals surface area contributed by atoms with Crippen LogP contribution in [0.5, 0.6) is 0 Å². The van der Waals surface area contributed by atoms with Crippen molar-refractivity contribution in [3.8, 4) is 6.07 Å². The molecule has 0 aliphatic carbocycles. The molecule has 0 amide bonds. The van der Waals surface area contributed by atoms with Crippen molar-refractivity contribution in [3.05, 3.63) is 29.8 Å². The van der Waals surface area contributed by atoms with Gasteiger partial charge in [0, 0.05) is 24.8 Å². The number of hydrogen-bond donors (Lipinski definition) is 1. The summed E-state index contributed by atoms with van der Waals surface area (Å²) in [5.41, 5.74) is 8.53. The molecule has 3 nitrogen and oxygen atoms in total. The van der Waals surface area contributed by atoms with Crippen LogP contribution in [-0.4, -0.2) is 19.1 Å². The van der Waals surface area contributed by atoms with Crippen LogP contribution in [0.25, 0.3) is 0 Å². The summed E-state index contributed by atoms with van der Waals surface area (Å²) in [7, 11) is 0. The molecule has 2 rings (SSSR count). The van der Waals surface area contributed by atoms with E-state index in [0.29, 0.717) is 6.42 Å². The molecule has 0 saturated carbocycles. The smallest absolute Gasteiger partial charge is 0.0640 e. The first-order chi connectivity index (χ1) is 7.31. The number of nitriles is 1. The van der Waals surface area contributed by atoms with Gasteiger partial charge >= 0.3 is 0 Å². The normalized spacial score (nSPS) is 19.5. The molecule has 0 bridgehead atoms. The zero-order valence-corrected chi connectivity index (χ0v) is 8.69. The van der Waals surface area contributed by atoms with Crippen LogP contribution in [0, 0.1) is 11.3 Å². The van der Waals surface area contributed by atoms with Gasteiger partial charge in [-0.3, -0.25) is 0 Å². The Labute approximate surface area is 90.1 Å². The van der Waals surface area contributed by atoms with E-state index in [1.54, 1.807) is 0 Å². The van der Waals surface area contributed by atoms with Gasteiger partial charge in [0.1, 0.15) is 0 Å². The average molecular weight is 201 g/mol. The minimum Gasteiger partial charge on any atom is -0.369 e. The first kappa shape index (κ1) is 10.0. The summed E-state index contributed by atoms with van der Waals surface area (Å²) in [5.74, 6) is 0. The maximum atomic E-state index is 8.60. The van der Waals surface area contributed by atoms with Gasteiger partial charge in [0.25, 0.3) is 0 Å². The molecule has 1 heterocycles. The molecule has 1 atom stereocenters. The van der Waals surface area contributed by atoms with Gasteiger partial charge in [-0.1, -0.05) is 18.2 Å². The van der Waals surface area contributed by atoms with Gasteiger partial charge in [-0.05, 0) is 18.1 Å². The second-order valence-corrected chi connectivity index (χ2v) is 3.95. The van der Waals surface area contributed by atoms with Gasteiger partial charge in [-0.2, -0.15) is 5.26 Å². The molecule has 1 aliphatic heterocycles. The third kappa shape index (κ3) is 2.11. The lowest BCUT2D eigenvalue weighted by Gasteiger charge is -2.34. The van der Waals surface area contributed by atoms with Gasteiger partial charge in [0.2, 0.25) is 0 Å². The van der Waals surface area contributed by atoms with E-state index in [0.717, 1.165) is 19.5 Å². The fourth-order valence-corrected chi connectivity index (χ4v) is 2.12. The lowest BCUT2D eigenvalue weighted by Crippen LogP contribution is -2.43. The van der Waals surface area contributed by atoms with E-state index in [1.165, 1.54) is 11.3 Å². The molecular weight excluding hydrogens is 186 g/mol. The van der Waals surface area contributed by atoms with Gasteiger partial charge in [0.05, 0.1) is 12.5 Å². The highest BCUT2D eigenvalue weighted by Gasteiger charge is 2.20. The summed E-state index contributed by atoms with van der Waals surface area (Å²) in [6, 6.07) is 10.7. The maximum absolute atomic E-state index is 8.60. The van der Waals surface area contributed by atoms with E-state index in [-0.39, 0.29) is 6.04 Å². The Hall–Kier alpha value is -1.53. The second kappa shape index (κ2) is 4.33. The van der Waals surface area contributed by atoms with Crippen LogP contribution < -0.4 is 10.6 Å². The van der Waals surface area contributed by atoms with Crippen LogP contribution in [0.4, 0.5) is 5.69 Å². The zero-order valence-electron chi connectivity index (χ0n) is 8.69. The summed E-state index contributed by atoms with van der Waals surface area (Å²) in [5, 5.41) is 8.60. The number of para-hydroxylation sites is 1. The fraction of sp³-hybridized carbons (Fsp3) is 0.417. The van der Waals surface area contributed by atoms with Crippen molar-refractivity contribution in [1.82, 2.24) is 0 Å². The van der Waals surface area contributed by atoms with E-state index in [1.807, 2.05) is 12.1 Å². The van der Waals surface area contributed by atoms with Gasteiger partial charge in [-0.15, -0.1) is 0 Å². The predicted octanol–water partition coefficient (Wildman–Crippen LogP) is 1.29. The van der Waals surface area contributed by atoms with Crippen molar-refractivity contribution in [2.75, 3.05) is 18.0 Å². The Morgan fingerprint density at radius 2 is 2.27 bits per heavy atom. The summed E-state index contributed by atoms with van der Waals surface area (Å²) in [6.07, 6.45) is 1.50. The maximum Gasteiger partial charge on any atom is 0.0640 e. The van der Waals surface area contributed by atoms with Crippen LogP contribution in [0.15, 0.2) is 24.3 Å². The molecule has 0 fully saturated rings. The molecule has 15 heavy (non-hydrogen) atoms. The van der Waals surface area contributed by atoms with Crippen molar-refractivity contribution in [2.24, 2.45) is 5.73 Å². The largest absolute Gasteiger partial charge is 0.369 e. The summed E-state index contributed by atoms with van der Waals surface area (Å²) in [6.45, 7) is 1.64. The molecule has 1 aromatic rings. The van der Waals surface area contributed by atoms with Crippen LogP contribution in [0.2, 0.25) is 0 Å². The SMILES string of the molecule is N#CCCN1CC(N)Cc2ccccc21. The van der Waals surface area contributed by atoms with Crippen LogP contribution in [-0.2, 0) is 6.42 Å². The number of hydrogen-bond acceptors (Lipinski definition) is 3. The molecule has 0 radical (unpaired) electrons. The number of nitrogens with two attached hydrogens (primary N) is 1. The average Bonchev–Trinajstić information content (AvgIpc) is 2.25. The van der Waals surface area contributed by atoms with Crippen molar-refractivity contribution in [3.63, 3.8) is 0 Å². The number of anilines is 1. The van der Waals surface area contributed by atoms with E-state index in [2.05, 4.69) is 23.1 Å². The van der Waals surface area contributed by atoms with Crippen LogP contribution in [0.3, 0.4) is 0 Å². The molecule has 0 spiro atoms. The molecule has 1 aliphatic rings. The second-order valence-electron chi connectivity index (χ2n) is 3.95. The third-order valence-corrected chi connectivity index (χ3v) is 2.76. The Morgan fingerprint density at radius 3 is 3.07 bits per heavy atom. The lowest BCUT2D eigenvalue weighted by atomic mass is 9.98.